The van der Waals surface area contributed by atoms with Gasteiger partial charge in [0.15, 0.2) is 0 Å². The molecule has 1 heterocycles. The lowest BCUT2D eigenvalue weighted by Crippen LogP contribution is -2.17. The first kappa shape index (κ1) is 27.5. The van der Waals surface area contributed by atoms with Crippen LogP contribution in [0.25, 0.3) is 11.3 Å². The second-order valence-electron chi connectivity index (χ2n) is 6.99. The molecule has 0 aliphatic rings. The van der Waals surface area contributed by atoms with Crippen molar-refractivity contribution in [1.29, 1.82) is 0 Å². The highest BCUT2D eigenvalue weighted by atomic mass is 32.2. The van der Waals surface area contributed by atoms with E-state index in [4.69, 9.17) is 0 Å². The van der Waals surface area contributed by atoms with Gasteiger partial charge in [-0.25, -0.2) is 9.97 Å². The number of hydrogen-bond acceptors (Lipinski definition) is 5. The van der Waals surface area contributed by atoms with Crippen LogP contribution in [0.2, 0.25) is 0 Å². The average molecular weight is 470 g/mol. The Hall–Kier alpha value is -2.55. The second-order valence-corrected chi connectivity index (χ2v) is 8.19. The number of carbonyl (C=O) groups is 1. The first-order valence-electron chi connectivity index (χ1n) is 10.3. The third kappa shape index (κ3) is 8.90. The second kappa shape index (κ2) is 13.1. The normalized spacial score (nSPS) is 11.8. The lowest BCUT2D eigenvalue weighted by atomic mass is 10.1. The molecule has 5 nitrogen and oxygen atoms in total. The minimum atomic E-state index is -4.75. The number of thioether (sulfide) groups is 1. The summed E-state index contributed by atoms with van der Waals surface area (Å²) in [5, 5.41) is 3.28. The molecule has 0 saturated heterocycles. The first-order valence-corrected chi connectivity index (χ1v) is 11.1. The maximum absolute atomic E-state index is 12.4. The third-order valence-electron chi connectivity index (χ3n) is 4.23. The predicted molar refractivity (Wildman–Crippen MR) is 122 cm³/mol. The van der Waals surface area contributed by atoms with Crippen LogP contribution in [0, 0.1) is 6.92 Å². The number of amides is 1. The molecule has 1 N–H and O–H groups in total. The molecule has 2 rings (SSSR count). The number of allylic oxidation sites excluding steroid dienone is 2. The van der Waals surface area contributed by atoms with E-state index in [1.807, 2.05) is 20.8 Å². The van der Waals surface area contributed by atoms with Crippen LogP contribution in [-0.2, 0) is 11.3 Å². The smallest absolute Gasteiger partial charge is 0.406 e. The molecule has 1 aromatic carbocycles. The summed E-state index contributed by atoms with van der Waals surface area (Å²) in [6.07, 6.45) is -2.02. The van der Waals surface area contributed by atoms with Crippen LogP contribution < -0.4 is 10.1 Å². The van der Waals surface area contributed by atoms with Crippen molar-refractivity contribution in [3.05, 3.63) is 46.1 Å². The van der Waals surface area contributed by atoms with E-state index in [1.54, 1.807) is 0 Å². The van der Waals surface area contributed by atoms with E-state index in [2.05, 4.69) is 40.8 Å². The number of hydrogen-bond donors (Lipinski definition) is 1. The van der Waals surface area contributed by atoms with Gasteiger partial charge >= 0.3 is 6.36 Å². The van der Waals surface area contributed by atoms with Crippen LogP contribution in [0.15, 0.2) is 39.8 Å². The molecule has 0 bridgehead atoms. The number of rotatable bonds is 8. The van der Waals surface area contributed by atoms with Crippen LogP contribution >= 0.6 is 11.8 Å². The lowest BCUT2D eigenvalue weighted by Gasteiger charge is -2.14. The highest BCUT2D eigenvalue weighted by Crippen LogP contribution is 2.35. The minimum Gasteiger partial charge on any atom is -0.406 e. The molecule has 0 fully saturated rings. The Balaban J connectivity index is 0.00000161. The Kier molecular flexibility index (Phi) is 11.3. The molecule has 0 aliphatic carbocycles. The van der Waals surface area contributed by atoms with Crippen LogP contribution in [-0.4, -0.2) is 22.7 Å². The van der Waals surface area contributed by atoms with E-state index in [1.165, 1.54) is 48.0 Å². The fraction of sp³-hybridized carbons (Fsp3) is 0.435. The number of nitrogens with zero attached hydrogens (tertiary/aromatic N) is 2. The summed E-state index contributed by atoms with van der Waals surface area (Å²) < 4.78 is 41.1. The molecule has 0 spiro atoms. The van der Waals surface area contributed by atoms with Crippen molar-refractivity contribution in [2.75, 3.05) is 0 Å². The van der Waals surface area contributed by atoms with Crippen molar-refractivity contribution in [3.63, 3.8) is 0 Å². The van der Waals surface area contributed by atoms with Gasteiger partial charge in [-0.2, -0.15) is 0 Å². The predicted octanol–water partition coefficient (Wildman–Crippen LogP) is 6.81. The molecule has 0 aliphatic heterocycles. The molecular formula is C23H30F3N3O2S. The number of carbonyl (C=O) groups excluding carboxylic acids is 1. The van der Waals surface area contributed by atoms with Gasteiger partial charge in [0.25, 0.3) is 0 Å². The van der Waals surface area contributed by atoms with Gasteiger partial charge in [-0.3, -0.25) is 4.79 Å². The topological polar surface area (TPSA) is 64.1 Å². The highest BCUT2D eigenvalue weighted by molar-refractivity contribution is 8.03. The van der Waals surface area contributed by atoms with E-state index in [0.717, 1.165) is 21.9 Å². The van der Waals surface area contributed by atoms with E-state index in [0.29, 0.717) is 23.5 Å². The zero-order chi connectivity index (χ0) is 24.3. The Bertz CT molecular complexity index is 914. The fourth-order valence-electron chi connectivity index (χ4n) is 2.43. The Morgan fingerprint density at radius 1 is 1.12 bits per heavy atom. The van der Waals surface area contributed by atoms with Gasteiger partial charge in [0, 0.05) is 11.1 Å². The number of aromatic nitrogens is 2. The van der Waals surface area contributed by atoms with E-state index < -0.39 is 6.36 Å². The number of ether oxygens (including phenoxy) is 1. The van der Waals surface area contributed by atoms with Gasteiger partial charge in [-0.05, 0) is 56.4 Å². The molecule has 0 atom stereocenters. The van der Waals surface area contributed by atoms with E-state index in [-0.39, 0.29) is 12.3 Å². The van der Waals surface area contributed by atoms with Crippen molar-refractivity contribution < 1.29 is 22.7 Å². The third-order valence-corrected chi connectivity index (χ3v) is 5.48. The minimum absolute atomic E-state index is 0.148. The van der Waals surface area contributed by atoms with E-state index in [9.17, 15) is 18.0 Å². The van der Waals surface area contributed by atoms with Crippen molar-refractivity contribution in [2.45, 2.75) is 72.3 Å². The highest BCUT2D eigenvalue weighted by Gasteiger charge is 2.31. The molecule has 0 unspecified atom stereocenters. The summed E-state index contributed by atoms with van der Waals surface area (Å²) in [5.41, 5.74) is 3.25. The monoisotopic (exact) mass is 469 g/mol. The maximum atomic E-state index is 12.4. The number of alkyl halides is 3. The van der Waals surface area contributed by atoms with Crippen LogP contribution in [0.5, 0.6) is 5.75 Å². The quantitative estimate of drug-likeness (QED) is 0.261. The van der Waals surface area contributed by atoms with Gasteiger partial charge < -0.3 is 10.1 Å². The average Bonchev–Trinajstić information content (AvgIpc) is 2.73. The number of benzene rings is 1. The zero-order valence-corrected chi connectivity index (χ0v) is 20.1. The molecule has 176 valence electrons. The van der Waals surface area contributed by atoms with Crippen molar-refractivity contribution in [3.8, 4) is 17.0 Å². The molecule has 32 heavy (non-hydrogen) atoms. The molecule has 0 radical (unpaired) electrons. The van der Waals surface area contributed by atoms with Gasteiger partial charge in [-0.1, -0.05) is 44.5 Å². The summed E-state index contributed by atoms with van der Waals surface area (Å²) in [4.78, 5) is 20.8. The van der Waals surface area contributed by atoms with Crippen molar-refractivity contribution >= 4 is 18.2 Å². The lowest BCUT2D eigenvalue weighted by molar-refractivity contribution is -0.274. The summed E-state index contributed by atoms with van der Waals surface area (Å²) in [7, 11) is 0. The Morgan fingerprint density at radius 2 is 1.72 bits per heavy atom. The Labute approximate surface area is 191 Å². The fourth-order valence-corrected chi connectivity index (χ4v) is 3.44. The molecule has 1 aromatic heterocycles. The maximum Gasteiger partial charge on any atom is 0.573 e. The zero-order valence-electron chi connectivity index (χ0n) is 19.3. The van der Waals surface area contributed by atoms with Gasteiger partial charge in [0.2, 0.25) is 6.41 Å². The summed E-state index contributed by atoms with van der Waals surface area (Å²) in [5.74, 6) is 0.112. The van der Waals surface area contributed by atoms with Gasteiger partial charge in [-0.15, -0.1) is 13.2 Å². The molecule has 9 heteroatoms. The molecular weight excluding hydrogens is 439 g/mol. The first-order chi connectivity index (χ1) is 15.1. The summed E-state index contributed by atoms with van der Waals surface area (Å²) >= 11 is 1.51. The van der Waals surface area contributed by atoms with Gasteiger partial charge in [0.1, 0.15) is 16.6 Å². The number of nitrogens with one attached hydrogen (secondary N) is 1. The summed E-state index contributed by atoms with van der Waals surface area (Å²) in [6.45, 7) is 12.4. The van der Waals surface area contributed by atoms with Crippen LogP contribution in [0.4, 0.5) is 13.2 Å². The molecule has 0 saturated carbocycles. The van der Waals surface area contributed by atoms with Crippen LogP contribution in [0.1, 0.15) is 58.8 Å². The summed E-state index contributed by atoms with van der Waals surface area (Å²) in [6, 6.07) is 5.52. The molecule has 1 amide bonds. The largest absolute Gasteiger partial charge is 0.573 e. The van der Waals surface area contributed by atoms with E-state index >= 15 is 0 Å². The molecule has 2 aromatic rings. The van der Waals surface area contributed by atoms with Crippen molar-refractivity contribution in [2.24, 2.45) is 0 Å². The number of halogens is 3. The Morgan fingerprint density at radius 3 is 2.22 bits per heavy atom. The van der Waals surface area contributed by atoms with Crippen LogP contribution in [0.3, 0.4) is 0 Å². The SMILES string of the molecule is CC/C(C)=C(\C)Sc1nc(CNC=O)nc(-c2ccc(OC(F)(F)F)cc2)c1C.CCC. The van der Waals surface area contributed by atoms with Crippen molar-refractivity contribution in [1.82, 2.24) is 15.3 Å². The standard InChI is InChI=1S/C20H22F3N3O2S.C3H8/c1-5-12(2)14(4)29-19-13(3)18(25-17(26-19)10-24-11-27)15-6-8-16(9-7-15)28-20(21,22)23;1-3-2/h6-9,11H,5,10H2,1-4H3,(H,24,27);3H2,1-2H3/b14-12+;. The van der Waals surface area contributed by atoms with Gasteiger partial charge in [0.05, 0.1) is 12.2 Å².